The lowest BCUT2D eigenvalue weighted by atomic mass is 10.1. The van der Waals surface area contributed by atoms with E-state index in [0.717, 1.165) is 7.11 Å². The molecule has 1 aliphatic rings. The molecule has 0 bridgehead atoms. The minimum Gasteiger partial charge on any atom is -0.374 e. The lowest BCUT2D eigenvalue weighted by Crippen LogP contribution is -2.35. The zero-order valence-corrected chi connectivity index (χ0v) is 14.9. The van der Waals surface area contributed by atoms with Gasteiger partial charge in [-0.25, -0.2) is 14.5 Å². The quantitative estimate of drug-likeness (QED) is 0.700. The van der Waals surface area contributed by atoms with Crippen LogP contribution in [0.2, 0.25) is 0 Å². The van der Waals surface area contributed by atoms with E-state index >= 15 is 0 Å². The summed E-state index contributed by atoms with van der Waals surface area (Å²) in [7, 11) is -1.65. The minimum atomic E-state index is -4.21. The Morgan fingerprint density at radius 3 is 2.80 bits per heavy atom. The van der Waals surface area contributed by atoms with Gasteiger partial charge in [-0.05, 0) is 6.42 Å². The highest BCUT2D eigenvalue weighted by Crippen LogP contribution is 2.48. The number of aromatic nitrogens is 4. The first-order valence-electron chi connectivity index (χ1n) is 7.60. The Labute approximate surface area is 143 Å². The van der Waals surface area contributed by atoms with E-state index in [4.69, 9.17) is 19.7 Å². The van der Waals surface area contributed by atoms with Crippen LogP contribution >= 0.6 is 7.82 Å². The molecule has 12 heteroatoms. The number of phosphoric ester groups is 1. The molecule has 1 aliphatic heterocycles. The number of phosphoric acid groups is 1. The van der Waals surface area contributed by atoms with E-state index in [1.54, 1.807) is 4.57 Å². The molecule has 3 unspecified atom stereocenters. The molecular formula is C13H20N5O6P. The SMILES string of the molecule is CC[C@H]1O[C@@H](n2cnc3cnc(N)nc32)C(OC)C1OP(=O)(O)OC. The molecular weight excluding hydrogens is 353 g/mol. The third-order valence-corrected chi connectivity index (χ3v) is 5.03. The lowest BCUT2D eigenvalue weighted by Gasteiger charge is -2.24. The van der Waals surface area contributed by atoms with Crippen molar-refractivity contribution in [1.82, 2.24) is 19.5 Å². The summed E-state index contributed by atoms with van der Waals surface area (Å²) in [5, 5.41) is 0. The highest BCUT2D eigenvalue weighted by atomic mass is 31.2. The fourth-order valence-electron chi connectivity index (χ4n) is 2.86. The number of nitrogen functional groups attached to an aromatic ring is 1. The Morgan fingerprint density at radius 1 is 1.40 bits per heavy atom. The average Bonchev–Trinajstić information content (AvgIpc) is 3.14. The standard InChI is InChI=1S/C13H20N5O6P/c1-4-8-9(24-25(19,20)22-3)10(21-2)12(23-8)18-6-16-7-5-15-13(14)17-11(7)18/h5-6,8-10,12H,4H2,1-3H3,(H,19,20)(H2,14,15,17)/t8-,9?,10?,12-/m1/s1. The van der Waals surface area contributed by atoms with E-state index in [0.29, 0.717) is 17.6 Å². The Kier molecular flexibility index (Phi) is 5.05. The number of rotatable bonds is 6. The normalized spacial score (nSPS) is 29.1. The number of anilines is 1. The Morgan fingerprint density at radius 2 is 2.16 bits per heavy atom. The van der Waals surface area contributed by atoms with Crippen molar-refractivity contribution in [2.45, 2.75) is 37.9 Å². The molecule has 0 spiro atoms. The number of nitrogens with two attached hydrogens (primary N) is 1. The van der Waals surface area contributed by atoms with Gasteiger partial charge in [0.25, 0.3) is 0 Å². The van der Waals surface area contributed by atoms with Gasteiger partial charge < -0.3 is 20.1 Å². The van der Waals surface area contributed by atoms with Crippen molar-refractivity contribution in [3.8, 4) is 0 Å². The second-order valence-electron chi connectivity index (χ2n) is 5.48. The third-order valence-electron chi connectivity index (χ3n) is 4.05. The molecule has 0 amide bonds. The van der Waals surface area contributed by atoms with Crippen LogP contribution in [0.4, 0.5) is 5.95 Å². The maximum Gasteiger partial charge on any atom is 0.472 e. The Bertz CT molecular complexity index is 800. The summed E-state index contributed by atoms with van der Waals surface area (Å²) < 4.78 is 34.8. The molecule has 0 radical (unpaired) electrons. The molecule has 3 N–H and O–H groups in total. The Hall–Kier alpha value is -1.62. The van der Waals surface area contributed by atoms with Crippen LogP contribution in [0.5, 0.6) is 0 Å². The smallest absolute Gasteiger partial charge is 0.374 e. The molecule has 3 rings (SSSR count). The van der Waals surface area contributed by atoms with Crippen LogP contribution in [0, 0.1) is 0 Å². The van der Waals surface area contributed by atoms with Crippen molar-refractivity contribution < 1.29 is 28.0 Å². The van der Waals surface area contributed by atoms with Gasteiger partial charge in [0.2, 0.25) is 5.95 Å². The lowest BCUT2D eigenvalue weighted by molar-refractivity contribution is -0.0497. The van der Waals surface area contributed by atoms with E-state index in [1.807, 2.05) is 6.92 Å². The van der Waals surface area contributed by atoms with Crippen molar-refractivity contribution in [3.05, 3.63) is 12.5 Å². The van der Waals surface area contributed by atoms with Crippen LogP contribution in [-0.4, -0.2) is 56.9 Å². The molecule has 0 aliphatic carbocycles. The van der Waals surface area contributed by atoms with E-state index < -0.39 is 32.4 Å². The molecule has 2 aromatic rings. The van der Waals surface area contributed by atoms with Gasteiger partial charge in [-0.3, -0.25) is 13.6 Å². The van der Waals surface area contributed by atoms with Crippen LogP contribution in [0.3, 0.4) is 0 Å². The van der Waals surface area contributed by atoms with Crippen LogP contribution in [0.1, 0.15) is 19.6 Å². The highest BCUT2D eigenvalue weighted by molar-refractivity contribution is 7.47. The van der Waals surface area contributed by atoms with Crippen molar-refractivity contribution in [1.29, 1.82) is 0 Å². The number of hydrogen-bond acceptors (Lipinski definition) is 9. The summed E-state index contributed by atoms with van der Waals surface area (Å²) in [5.41, 5.74) is 6.66. The van der Waals surface area contributed by atoms with Crippen LogP contribution in [0.15, 0.2) is 12.5 Å². The van der Waals surface area contributed by atoms with E-state index in [2.05, 4.69) is 19.5 Å². The van der Waals surface area contributed by atoms with Crippen molar-refractivity contribution in [3.63, 3.8) is 0 Å². The molecule has 25 heavy (non-hydrogen) atoms. The first kappa shape index (κ1) is 18.2. The summed E-state index contributed by atoms with van der Waals surface area (Å²) in [6, 6.07) is 0. The first-order valence-corrected chi connectivity index (χ1v) is 9.10. The number of hydrogen-bond donors (Lipinski definition) is 2. The number of fused-ring (bicyclic) bond motifs is 1. The molecule has 2 aromatic heterocycles. The van der Waals surface area contributed by atoms with Crippen molar-refractivity contribution in [2.75, 3.05) is 20.0 Å². The van der Waals surface area contributed by atoms with Gasteiger partial charge >= 0.3 is 7.82 Å². The maximum atomic E-state index is 11.9. The predicted molar refractivity (Wildman–Crippen MR) is 86.4 cm³/mol. The van der Waals surface area contributed by atoms with Crippen LogP contribution in [0.25, 0.3) is 11.2 Å². The van der Waals surface area contributed by atoms with Gasteiger partial charge in [0.1, 0.15) is 17.7 Å². The molecule has 0 aromatic carbocycles. The predicted octanol–water partition coefficient (Wildman–Crippen LogP) is 0.863. The van der Waals surface area contributed by atoms with E-state index in [1.165, 1.54) is 19.6 Å². The Balaban J connectivity index is 1.98. The molecule has 138 valence electrons. The number of ether oxygens (including phenoxy) is 2. The third kappa shape index (κ3) is 3.39. The van der Waals surface area contributed by atoms with Gasteiger partial charge in [0.05, 0.1) is 18.6 Å². The zero-order valence-electron chi connectivity index (χ0n) is 14.0. The van der Waals surface area contributed by atoms with Crippen LogP contribution in [-0.2, 0) is 23.1 Å². The highest BCUT2D eigenvalue weighted by Gasteiger charge is 2.49. The van der Waals surface area contributed by atoms with E-state index in [-0.39, 0.29) is 5.95 Å². The molecule has 1 saturated heterocycles. The fraction of sp³-hybridized carbons (Fsp3) is 0.615. The molecule has 0 saturated carbocycles. The first-order chi connectivity index (χ1) is 11.9. The van der Waals surface area contributed by atoms with Crippen LogP contribution < -0.4 is 5.73 Å². The number of methoxy groups -OCH3 is 1. The van der Waals surface area contributed by atoms with Crippen molar-refractivity contribution in [2.24, 2.45) is 0 Å². The fourth-order valence-corrected chi connectivity index (χ4v) is 3.51. The van der Waals surface area contributed by atoms with Gasteiger partial charge in [0, 0.05) is 14.2 Å². The summed E-state index contributed by atoms with van der Waals surface area (Å²) in [4.78, 5) is 22.0. The van der Waals surface area contributed by atoms with Crippen molar-refractivity contribution >= 4 is 24.9 Å². The summed E-state index contributed by atoms with van der Waals surface area (Å²) in [6.07, 6.45) is 0.914. The van der Waals surface area contributed by atoms with Gasteiger partial charge in [-0.15, -0.1) is 0 Å². The second kappa shape index (κ2) is 6.94. The molecule has 5 atom stereocenters. The largest absolute Gasteiger partial charge is 0.472 e. The van der Waals surface area contributed by atoms with Gasteiger partial charge in [0.15, 0.2) is 11.9 Å². The summed E-state index contributed by atoms with van der Waals surface area (Å²) in [6.45, 7) is 1.87. The molecule has 11 nitrogen and oxygen atoms in total. The molecule has 3 heterocycles. The topological polar surface area (TPSA) is 144 Å². The zero-order chi connectivity index (χ0) is 18.2. The minimum absolute atomic E-state index is 0.0975. The maximum absolute atomic E-state index is 11.9. The monoisotopic (exact) mass is 373 g/mol. The molecule has 1 fully saturated rings. The van der Waals surface area contributed by atoms with E-state index in [9.17, 15) is 9.46 Å². The number of nitrogens with zero attached hydrogens (tertiary/aromatic N) is 4. The average molecular weight is 373 g/mol. The van der Waals surface area contributed by atoms with Gasteiger partial charge in [-0.1, -0.05) is 6.92 Å². The number of imidazole rings is 1. The summed E-state index contributed by atoms with van der Waals surface area (Å²) in [5.74, 6) is 0.0975. The van der Waals surface area contributed by atoms with Gasteiger partial charge in [-0.2, -0.15) is 4.98 Å². The second-order valence-corrected chi connectivity index (χ2v) is 7.00. The summed E-state index contributed by atoms with van der Waals surface area (Å²) >= 11 is 0.